The van der Waals surface area contributed by atoms with E-state index in [0.717, 1.165) is 16.8 Å². The van der Waals surface area contributed by atoms with Crippen LogP contribution in [0.25, 0.3) is 0 Å². The number of halogens is 1. The van der Waals surface area contributed by atoms with Gasteiger partial charge in [0, 0.05) is 10.7 Å². The van der Waals surface area contributed by atoms with Gasteiger partial charge in [-0.25, -0.2) is 5.43 Å². The number of hydrazone groups is 1. The van der Waals surface area contributed by atoms with Gasteiger partial charge >= 0.3 is 0 Å². The molecule has 2 rings (SSSR count). The molecule has 0 heterocycles. The van der Waals surface area contributed by atoms with Crippen molar-refractivity contribution in [2.75, 3.05) is 11.9 Å². The average Bonchev–Trinajstić information content (AvgIpc) is 2.48. The molecule has 4 nitrogen and oxygen atoms in total. The Morgan fingerprint density at radius 2 is 1.91 bits per heavy atom. The van der Waals surface area contributed by atoms with Gasteiger partial charge in [0.25, 0.3) is 5.91 Å². The van der Waals surface area contributed by atoms with Crippen LogP contribution in [0.1, 0.15) is 16.7 Å². The fourth-order valence-corrected chi connectivity index (χ4v) is 2.08. The van der Waals surface area contributed by atoms with Crippen LogP contribution in [0.2, 0.25) is 5.02 Å². The van der Waals surface area contributed by atoms with Gasteiger partial charge in [-0.2, -0.15) is 5.10 Å². The molecule has 22 heavy (non-hydrogen) atoms. The Balaban J connectivity index is 1.81. The zero-order chi connectivity index (χ0) is 15.9. The topological polar surface area (TPSA) is 53.5 Å². The van der Waals surface area contributed by atoms with Crippen LogP contribution in [0.5, 0.6) is 0 Å². The van der Waals surface area contributed by atoms with Gasteiger partial charge in [-0.05, 0) is 43.2 Å². The standard InChI is InChI=1S/C17H18ClN3O/c1-12-3-8-16(13(2)9-12)19-11-17(22)21-20-10-14-4-6-15(18)7-5-14/h3-10,19H,11H2,1-2H3,(H,21,22). The van der Waals surface area contributed by atoms with Crippen LogP contribution in [0.3, 0.4) is 0 Å². The molecule has 5 heteroatoms. The number of amides is 1. The SMILES string of the molecule is Cc1ccc(NCC(=O)NN=Cc2ccc(Cl)cc2)c(C)c1. The number of carbonyl (C=O) groups is 1. The molecule has 0 spiro atoms. The first-order valence-corrected chi connectivity index (χ1v) is 7.31. The molecule has 0 fully saturated rings. The Labute approximate surface area is 135 Å². The zero-order valence-corrected chi connectivity index (χ0v) is 13.3. The first kappa shape index (κ1) is 16.0. The smallest absolute Gasteiger partial charge is 0.259 e. The van der Waals surface area contributed by atoms with Gasteiger partial charge in [0.2, 0.25) is 0 Å². The molecule has 0 bridgehead atoms. The van der Waals surface area contributed by atoms with E-state index in [-0.39, 0.29) is 12.5 Å². The lowest BCUT2D eigenvalue weighted by atomic mass is 10.1. The molecule has 1 amide bonds. The van der Waals surface area contributed by atoms with Crippen LogP contribution in [0.15, 0.2) is 47.6 Å². The van der Waals surface area contributed by atoms with Gasteiger partial charge in [-0.15, -0.1) is 0 Å². The highest BCUT2D eigenvalue weighted by molar-refractivity contribution is 6.30. The van der Waals surface area contributed by atoms with Gasteiger partial charge in [0.05, 0.1) is 12.8 Å². The fraction of sp³-hybridized carbons (Fsp3) is 0.176. The molecule has 0 saturated heterocycles. The summed E-state index contributed by atoms with van der Waals surface area (Å²) in [7, 11) is 0. The van der Waals surface area contributed by atoms with Crippen molar-refractivity contribution in [3.63, 3.8) is 0 Å². The number of benzene rings is 2. The summed E-state index contributed by atoms with van der Waals surface area (Å²) in [5.74, 6) is -0.204. The second-order valence-corrected chi connectivity index (χ2v) is 5.45. The molecule has 2 aromatic rings. The van der Waals surface area contributed by atoms with Crippen molar-refractivity contribution >= 4 is 29.4 Å². The Morgan fingerprint density at radius 1 is 1.18 bits per heavy atom. The normalized spacial score (nSPS) is 10.7. The number of nitrogens with one attached hydrogen (secondary N) is 2. The molecule has 2 aromatic carbocycles. The van der Waals surface area contributed by atoms with Gasteiger partial charge in [0.1, 0.15) is 0 Å². The minimum absolute atomic E-state index is 0.169. The van der Waals surface area contributed by atoms with E-state index in [1.807, 2.05) is 38.1 Å². The third kappa shape index (κ3) is 4.90. The summed E-state index contributed by atoms with van der Waals surface area (Å²) < 4.78 is 0. The molecule has 0 aliphatic rings. The summed E-state index contributed by atoms with van der Waals surface area (Å²) in [6.45, 7) is 4.21. The maximum absolute atomic E-state index is 11.7. The largest absolute Gasteiger partial charge is 0.376 e. The van der Waals surface area contributed by atoms with E-state index >= 15 is 0 Å². The number of aryl methyl sites for hydroxylation is 2. The number of rotatable bonds is 5. The van der Waals surface area contributed by atoms with E-state index < -0.39 is 0 Å². The summed E-state index contributed by atoms with van der Waals surface area (Å²) in [6, 6.07) is 13.2. The molecule has 0 aliphatic heterocycles. The predicted molar refractivity (Wildman–Crippen MR) is 91.6 cm³/mol. The fourth-order valence-electron chi connectivity index (χ4n) is 1.95. The minimum atomic E-state index is -0.204. The molecular weight excluding hydrogens is 298 g/mol. The first-order chi connectivity index (χ1) is 10.5. The van der Waals surface area contributed by atoms with E-state index in [1.54, 1.807) is 18.3 Å². The quantitative estimate of drug-likeness (QED) is 0.655. The molecule has 0 aromatic heterocycles. The second-order valence-electron chi connectivity index (χ2n) is 5.02. The van der Waals surface area contributed by atoms with E-state index in [4.69, 9.17) is 11.6 Å². The van der Waals surface area contributed by atoms with Crippen molar-refractivity contribution in [2.24, 2.45) is 5.10 Å². The van der Waals surface area contributed by atoms with Crippen LogP contribution in [-0.2, 0) is 4.79 Å². The highest BCUT2D eigenvalue weighted by Gasteiger charge is 2.02. The van der Waals surface area contributed by atoms with Crippen LogP contribution >= 0.6 is 11.6 Å². The van der Waals surface area contributed by atoms with E-state index in [0.29, 0.717) is 5.02 Å². The lowest BCUT2D eigenvalue weighted by molar-refractivity contribution is -0.119. The number of hydrogen-bond donors (Lipinski definition) is 2. The number of carbonyl (C=O) groups excluding carboxylic acids is 1. The van der Waals surface area contributed by atoms with Crippen LogP contribution < -0.4 is 10.7 Å². The molecule has 0 atom stereocenters. The van der Waals surface area contributed by atoms with Crippen molar-refractivity contribution in [3.05, 3.63) is 64.2 Å². The summed E-state index contributed by atoms with van der Waals surface area (Å²) in [5.41, 5.74) is 6.60. The van der Waals surface area contributed by atoms with Gasteiger partial charge in [-0.1, -0.05) is 41.4 Å². The van der Waals surface area contributed by atoms with Crippen LogP contribution in [0, 0.1) is 13.8 Å². The van der Waals surface area contributed by atoms with Gasteiger partial charge in [0.15, 0.2) is 0 Å². The Bertz CT molecular complexity index is 681. The molecule has 114 valence electrons. The summed E-state index contributed by atoms with van der Waals surface area (Å²) in [5, 5.41) is 7.67. The third-order valence-corrected chi connectivity index (χ3v) is 3.35. The third-order valence-electron chi connectivity index (χ3n) is 3.09. The van der Waals surface area contributed by atoms with Crippen molar-refractivity contribution in [2.45, 2.75) is 13.8 Å². The monoisotopic (exact) mass is 315 g/mol. The molecule has 0 unspecified atom stereocenters. The lowest BCUT2D eigenvalue weighted by Gasteiger charge is -2.09. The van der Waals surface area contributed by atoms with Crippen LogP contribution in [0.4, 0.5) is 5.69 Å². The molecular formula is C17H18ClN3O. The average molecular weight is 316 g/mol. The highest BCUT2D eigenvalue weighted by Crippen LogP contribution is 2.15. The lowest BCUT2D eigenvalue weighted by Crippen LogP contribution is -2.26. The van der Waals surface area contributed by atoms with Crippen molar-refractivity contribution in [3.8, 4) is 0 Å². The highest BCUT2D eigenvalue weighted by atomic mass is 35.5. The number of hydrogen-bond acceptors (Lipinski definition) is 3. The maximum Gasteiger partial charge on any atom is 0.259 e. The van der Waals surface area contributed by atoms with Crippen LogP contribution in [-0.4, -0.2) is 18.7 Å². The van der Waals surface area contributed by atoms with Gasteiger partial charge in [-0.3, -0.25) is 4.79 Å². The Hall–Kier alpha value is -2.33. The zero-order valence-electron chi connectivity index (χ0n) is 12.6. The van der Waals surface area contributed by atoms with E-state index in [9.17, 15) is 4.79 Å². The molecule has 0 aliphatic carbocycles. The first-order valence-electron chi connectivity index (χ1n) is 6.93. The van der Waals surface area contributed by atoms with Crippen molar-refractivity contribution in [1.29, 1.82) is 0 Å². The molecule has 0 saturated carbocycles. The van der Waals surface area contributed by atoms with Gasteiger partial charge < -0.3 is 5.32 Å². The Kier molecular flexibility index (Phi) is 5.55. The second kappa shape index (κ2) is 7.61. The minimum Gasteiger partial charge on any atom is -0.376 e. The summed E-state index contributed by atoms with van der Waals surface area (Å²) in [6.07, 6.45) is 1.57. The van der Waals surface area contributed by atoms with Crippen molar-refractivity contribution in [1.82, 2.24) is 5.43 Å². The summed E-state index contributed by atoms with van der Waals surface area (Å²) >= 11 is 5.80. The van der Waals surface area contributed by atoms with Crippen molar-refractivity contribution < 1.29 is 4.79 Å². The number of anilines is 1. The molecule has 0 radical (unpaired) electrons. The van der Waals surface area contributed by atoms with E-state index in [1.165, 1.54) is 5.56 Å². The number of nitrogens with zero attached hydrogens (tertiary/aromatic N) is 1. The maximum atomic E-state index is 11.7. The predicted octanol–water partition coefficient (Wildman–Crippen LogP) is 3.52. The summed E-state index contributed by atoms with van der Waals surface area (Å²) in [4.78, 5) is 11.7. The van der Waals surface area contributed by atoms with E-state index in [2.05, 4.69) is 21.9 Å². The Morgan fingerprint density at radius 3 is 2.59 bits per heavy atom. The molecule has 2 N–H and O–H groups in total.